The lowest BCUT2D eigenvalue weighted by Crippen LogP contribution is -2.43. The van der Waals surface area contributed by atoms with E-state index in [0.717, 1.165) is 0 Å². The predicted molar refractivity (Wildman–Crippen MR) is 111 cm³/mol. The zero-order valence-corrected chi connectivity index (χ0v) is 17.3. The Morgan fingerprint density at radius 1 is 0.577 bits per heavy atom. The minimum atomic E-state index is 0.308. The minimum Gasteiger partial charge on any atom is -0.0598 e. The molecule has 0 heteroatoms. The average Bonchev–Trinajstić information content (AvgIpc) is 2.87. The Labute approximate surface area is 159 Å². The van der Waals surface area contributed by atoms with E-state index in [4.69, 9.17) is 0 Å². The van der Waals surface area contributed by atoms with Crippen molar-refractivity contribution in [1.82, 2.24) is 0 Å². The van der Waals surface area contributed by atoms with Crippen LogP contribution < -0.4 is 0 Å². The van der Waals surface area contributed by atoms with Crippen LogP contribution in [0.25, 0.3) is 11.1 Å². The number of benzene rings is 2. The van der Waals surface area contributed by atoms with Gasteiger partial charge in [0.05, 0.1) is 0 Å². The molecular formula is C26H32. The molecule has 0 aliphatic heterocycles. The fourth-order valence-corrected chi connectivity index (χ4v) is 7.67. The molecule has 3 aliphatic carbocycles. The van der Waals surface area contributed by atoms with Crippen molar-refractivity contribution in [3.8, 4) is 11.1 Å². The van der Waals surface area contributed by atoms with Gasteiger partial charge in [-0.05, 0) is 72.6 Å². The highest BCUT2D eigenvalue weighted by molar-refractivity contribution is 5.79. The van der Waals surface area contributed by atoms with Gasteiger partial charge >= 0.3 is 0 Å². The van der Waals surface area contributed by atoms with Crippen LogP contribution in [0.5, 0.6) is 0 Å². The molecule has 3 aliphatic rings. The summed E-state index contributed by atoms with van der Waals surface area (Å²) in [5, 5.41) is 0. The summed E-state index contributed by atoms with van der Waals surface area (Å²) in [5.74, 6) is 0. The van der Waals surface area contributed by atoms with E-state index >= 15 is 0 Å². The van der Waals surface area contributed by atoms with E-state index < -0.39 is 0 Å². The van der Waals surface area contributed by atoms with Gasteiger partial charge in [-0.25, -0.2) is 0 Å². The van der Waals surface area contributed by atoms with Crippen molar-refractivity contribution in [2.75, 3.05) is 0 Å². The van der Waals surface area contributed by atoms with Gasteiger partial charge in [-0.2, -0.15) is 0 Å². The van der Waals surface area contributed by atoms with E-state index in [2.05, 4.69) is 77.9 Å². The second kappa shape index (κ2) is 4.64. The smallest absolute Gasteiger partial charge is 0.00668 e. The molecule has 0 amide bonds. The third kappa shape index (κ3) is 1.91. The van der Waals surface area contributed by atoms with Crippen LogP contribution in [0.4, 0.5) is 0 Å². The molecule has 26 heavy (non-hydrogen) atoms. The zero-order chi connectivity index (χ0) is 18.5. The SMILES string of the molecule is Cc1ccc2c(c1)C13CC(C)(C)CC1(CC(C)(C)C3)c1cc(C)ccc1-2. The first-order valence-electron chi connectivity index (χ1n) is 10.3. The van der Waals surface area contributed by atoms with Crippen LogP contribution in [0.2, 0.25) is 0 Å². The fraction of sp³-hybridized carbons (Fsp3) is 0.538. The number of hydrogen-bond donors (Lipinski definition) is 0. The summed E-state index contributed by atoms with van der Waals surface area (Å²) < 4.78 is 0. The average molecular weight is 345 g/mol. The molecular weight excluding hydrogens is 312 g/mol. The molecule has 0 unspecified atom stereocenters. The van der Waals surface area contributed by atoms with E-state index in [1.54, 1.807) is 11.1 Å². The van der Waals surface area contributed by atoms with Crippen molar-refractivity contribution in [3.63, 3.8) is 0 Å². The highest BCUT2D eigenvalue weighted by atomic mass is 14.7. The Morgan fingerprint density at radius 2 is 0.923 bits per heavy atom. The third-order valence-corrected chi connectivity index (χ3v) is 7.71. The van der Waals surface area contributed by atoms with Crippen molar-refractivity contribution >= 4 is 0 Å². The van der Waals surface area contributed by atoms with Crippen LogP contribution >= 0.6 is 0 Å². The number of aryl methyl sites for hydroxylation is 2. The summed E-state index contributed by atoms with van der Waals surface area (Å²) in [6, 6.07) is 14.5. The lowest BCUT2D eigenvalue weighted by Gasteiger charge is -2.48. The largest absolute Gasteiger partial charge is 0.0598 e. The van der Waals surface area contributed by atoms with Crippen LogP contribution in [-0.2, 0) is 10.8 Å². The van der Waals surface area contributed by atoms with Crippen LogP contribution in [0.15, 0.2) is 36.4 Å². The van der Waals surface area contributed by atoms with Gasteiger partial charge in [0.2, 0.25) is 0 Å². The highest BCUT2D eigenvalue weighted by Gasteiger charge is 2.70. The first kappa shape index (κ1) is 16.6. The van der Waals surface area contributed by atoms with Gasteiger partial charge in [0.15, 0.2) is 0 Å². The van der Waals surface area contributed by atoms with E-state index in [0.29, 0.717) is 21.7 Å². The molecule has 2 fully saturated rings. The van der Waals surface area contributed by atoms with E-state index in [-0.39, 0.29) is 0 Å². The van der Waals surface area contributed by atoms with E-state index in [1.165, 1.54) is 47.9 Å². The molecule has 0 atom stereocenters. The van der Waals surface area contributed by atoms with Crippen molar-refractivity contribution in [2.45, 2.75) is 78.1 Å². The topological polar surface area (TPSA) is 0 Å². The van der Waals surface area contributed by atoms with Gasteiger partial charge in [0.1, 0.15) is 0 Å². The predicted octanol–water partition coefficient (Wildman–Crippen LogP) is 7.10. The third-order valence-electron chi connectivity index (χ3n) is 7.71. The summed E-state index contributed by atoms with van der Waals surface area (Å²) in [4.78, 5) is 0. The van der Waals surface area contributed by atoms with E-state index in [9.17, 15) is 0 Å². The molecule has 0 bridgehead atoms. The summed E-state index contributed by atoms with van der Waals surface area (Å²) in [5.41, 5.74) is 10.6. The van der Waals surface area contributed by atoms with Crippen LogP contribution in [0.1, 0.15) is 75.6 Å². The van der Waals surface area contributed by atoms with Crippen LogP contribution in [0, 0.1) is 24.7 Å². The van der Waals surface area contributed by atoms with Crippen molar-refractivity contribution in [2.24, 2.45) is 10.8 Å². The van der Waals surface area contributed by atoms with Gasteiger partial charge < -0.3 is 0 Å². The summed E-state index contributed by atoms with van der Waals surface area (Å²) >= 11 is 0. The molecule has 5 rings (SSSR count). The van der Waals surface area contributed by atoms with Crippen molar-refractivity contribution in [3.05, 3.63) is 58.7 Å². The molecule has 0 N–H and O–H groups in total. The van der Waals surface area contributed by atoms with Crippen LogP contribution in [-0.4, -0.2) is 0 Å². The van der Waals surface area contributed by atoms with Crippen molar-refractivity contribution in [1.29, 1.82) is 0 Å². The van der Waals surface area contributed by atoms with Gasteiger partial charge in [-0.3, -0.25) is 0 Å². The van der Waals surface area contributed by atoms with Gasteiger partial charge in [-0.15, -0.1) is 0 Å². The zero-order valence-electron chi connectivity index (χ0n) is 17.3. The highest BCUT2D eigenvalue weighted by Crippen LogP contribution is 2.76. The fourth-order valence-electron chi connectivity index (χ4n) is 7.67. The maximum absolute atomic E-state index is 2.54. The first-order valence-corrected chi connectivity index (χ1v) is 10.3. The Kier molecular flexibility index (Phi) is 2.96. The van der Waals surface area contributed by atoms with Gasteiger partial charge in [-0.1, -0.05) is 75.2 Å². The molecule has 2 saturated carbocycles. The quantitative estimate of drug-likeness (QED) is 0.478. The molecule has 2 aromatic carbocycles. The maximum atomic E-state index is 2.54. The minimum absolute atomic E-state index is 0.308. The number of rotatable bonds is 0. The number of hydrogen-bond acceptors (Lipinski definition) is 0. The normalized spacial score (nSPS) is 32.5. The summed E-state index contributed by atoms with van der Waals surface area (Å²) in [6.45, 7) is 14.6. The first-order chi connectivity index (χ1) is 12.1. The van der Waals surface area contributed by atoms with E-state index in [1.807, 2.05) is 0 Å². The Hall–Kier alpha value is -1.56. The van der Waals surface area contributed by atoms with Crippen molar-refractivity contribution < 1.29 is 0 Å². The molecule has 0 nitrogen and oxygen atoms in total. The lowest BCUT2D eigenvalue weighted by atomic mass is 9.55. The number of fused-ring (bicyclic) bond motifs is 3. The Morgan fingerprint density at radius 3 is 1.27 bits per heavy atom. The molecule has 0 aromatic heterocycles. The molecule has 136 valence electrons. The Bertz CT molecular complexity index is 832. The van der Waals surface area contributed by atoms with Gasteiger partial charge in [0, 0.05) is 10.8 Å². The molecule has 0 heterocycles. The summed E-state index contributed by atoms with van der Waals surface area (Å²) in [7, 11) is 0. The Balaban J connectivity index is 1.94. The lowest BCUT2D eigenvalue weighted by molar-refractivity contribution is 0.264. The standard InChI is InChI=1S/C26H32/c1-17-7-9-19-20-10-8-18(2)12-22(20)26-15-23(3,4)13-25(26,21(19)11-17)14-24(5,6)16-26/h7-12H,13-16H2,1-6H3. The maximum Gasteiger partial charge on any atom is 0.00668 e. The molecule has 0 spiro atoms. The molecule has 0 saturated heterocycles. The second-order valence-corrected chi connectivity index (χ2v) is 11.3. The van der Waals surface area contributed by atoms with Gasteiger partial charge in [0.25, 0.3) is 0 Å². The summed E-state index contributed by atoms with van der Waals surface area (Å²) in [6.07, 6.45) is 5.31. The monoisotopic (exact) mass is 344 g/mol. The second-order valence-electron chi connectivity index (χ2n) is 11.3. The molecule has 0 radical (unpaired) electrons. The molecule has 2 aromatic rings. The van der Waals surface area contributed by atoms with Crippen LogP contribution in [0.3, 0.4) is 0 Å².